The first-order valence-electron chi connectivity index (χ1n) is 1.23. The molecule has 0 bridgehead atoms. The van der Waals surface area contributed by atoms with Crippen LogP contribution in [-0.2, 0) is 4.94 Å². The molecule has 3 nitrogen and oxygen atoms in total. The van der Waals surface area contributed by atoms with Crippen molar-refractivity contribution < 1.29 is 87.6 Å². The third-order valence-electron chi connectivity index (χ3n) is 0.354. The predicted molar refractivity (Wildman–Crippen MR) is 9.90 cm³/mol. The van der Waals surface area contributed by atoms with Gasteiger partial charge in [0.05, 0.1) is 4.94 Å². The van der Waals surface area contributed by atoms with Crippen molar-refractivity contribution in [1.29, 1.82) is 0 Å². The van der Waals surface area contributed by atoms with Gasteiger partial charge in [0.15, 0.2) is 7.05 Å². The van der Waals surface area contributed by atoms with Crippen LogP contribution in [0.2, 0.25) is 0 Å². The fourth-order valence-corrected chi connectivity index (χ4v) is 0.0589. The zero-order valence-electron chi connectivity index (χ0n) is 3.62. The Hall–Kier alpha value is 2.07. The van der Waals surface area contributed by atoms with Gasteiger partial charge >= 0.3 is 0 Å². The van der Waals surface area contributed by atoms with Crippen molar-refractivity contribution >= 4 is 0 Å². The highest BCUT2D eigenvalue weighted by molar-refractivity contribution is 3.25. The number of hydrogen-bond acceptors (Lipinski definition) is 1. The van der Waals surface area contributed by atoms with E-state index in [1.165, 1.54) is 0 Å². The van der Waals surface area contributed by atoms with Crippen LogP contribution in [0.4, 0.5) is 0 Å². The van der Waals surface area contributed by atoms with Crippen LogP contribution < -0.4 is 82.7 Å². The lowest BCUT2D eigenvalue weighted by Crippen LogP contribution is -3.14. The molecule has 1 unspecified atom stereocenters. The molecule has 0 aromatic rings. The number of nitrogens with two attached hydrogens (primary N) is 1. The third kappa shape index (κ3) is 11.6. The lowest BCUT2D eigenvalue weighted by molar-refractivity contribution is -1.14. The number of hydroxylamine groups is 1. The summed E-state index contributed by atoms with van der Waals surface area (Å²) < 4.78 is 0. The zero-order valence-corrected chi connectivity index (χ0v) is 10.1. The SMILES string of the molecule is C[NH+]1[NH2+]O1.[I-].[I-].[I-]. The number of hydrogen-bond donors (Lipinski definition) is 2. The molecule has 1 fully saturated rings. The van der Waals surface area contributed by atoms with E-state index in [-0.39, 0.29) is 71.9 Å². The summed E-state index contributed by atoms with van der Waals surface area (Å²) in [5, 5.41) is 1.04. The van der Waals surface area contributed by atoms with Crippen LogP contribution >= 0.6 is 0 Å². The van der Waals surface area contributed by atoms with Gasteiger partial charge in [0.1, 0.15) is 0 Å². The van der Waals surface area contributed by atoms with Gasteiger partial charge in [0, 0.05) is 10.8 Å². The molecule has 1 heterocycles. The van der Waals surface area contributed by atoms with Crippen LogP contribution in [0.25, 0.3) is 0 Å². The largest absolute Gasteiger partial charge is 1.00 e. The van der Waals surface area contributed by atoms with E-state index in [1.807, 2.05) is 7.05 Å². The summed E-state index contributed by atoms with van der Waals surface area (Å²) in [7, 11) is 1.92. The number of rotatable bonds is 0. The van der Waals surface area contributed by atoms with Crippen molar-refractivity contribution in [2.75, 3.05) is 7.05 Å². The van der Waals surface area contributed by atoms with Gasteiger partial charge in [-0.3, -0.25) is 0 Å². The molecule has 3 N–H and O–H groups in total. The molecule has 0 aromatic heterocycles. The molecule has 1 saturated heterocycles. The fraction of sp³-hybridized carbons (Fsp3) is 1.00. The highest BCUT2D eigenvalue weighted by atomic mass is 127. The number of nitrogens with one attached hydrogen (secondary N) is 1. The lowest BCUT2D eigenvalue weighted by atomic mass is 11.5. The molecule has 0 amide bonds. The molecule has 1 aliphatic rings. The van der Waals surface area contributed by atoms with E-state index >= 15 is 0 Å². The molecule has 0 spiro atoms. The Kier molecular flexibility index (Phi) is 18.5. The van der Waals surface area contributed by atoms with Crippen LogP contribution in [-0.4, -0.2) is 7.05 Å². The summed E-state index contributed by atoms with van der Waals surface area (Å²) in [6.07, 6.45) is 0. The second kappa shape index (κ2) is 8.07. The van der Waals surface area contributed by atoms with E-state index in [4.69, 9.17) is 0 Å². The smallest absolute Gasteiger partial charge is 0.154 e. The van der Waals surface area contributed by atoms with Gasteiger partial charge in [-0.15, -0.1) is 0 Å². The molecular weight excluding hydrogens is 437 g/mol. The Bertz CT molecular complexity index is 32.1. The maximum atomic E-state index is 4.50. The quantitative estimate of drug-likeness (QED) is 0.218. The van der Waals surface area contributed by atoms with Gasteiger partial charge < -0.3 is 71.9 Å². The van der Waals surface area contributed by atoms with Crippen LogP contribution in [0.1, 0.15) is 0 Å². The minimum atomic E-state index is 0. The summed E-state index contributed by atoms with van der Waals surface area (Å²) >= 11 is 0. The van der Waals surface area contributed by atoms with Gasteiger partial charge in [-0.05, 0) is 0 Å². The average Bonchev–Trinajstić information content (AvgIpc) is 1.75. The standard InChI is InChI=1S/CH6N2O.3HI/c1-3-2-4-3;;;/h3H,2H2,1H3;3*1H/q+2;;;/p-3. The Morgan fingerprint density at radius 2 is 1.43 bits per heavy atom. The van der Waals surface area contributed by atoms with E-state index in [0.29, 0.717) is 0 Å². The molecule has 48 valence electrons. The second-order valence-electron chi connectivity index (χ2n) is 0.846. The Morgan fingerprint density at radius 3 is 1.43 bits per heavy atom. The second-order valence-corrected chi connectivity index (χ2v) is 0.846. The van der Waals surface area contributed by atoms with E-state index < -0.39 is 0 Å². The first-order valence-corrected chi connectivity index (χ1v) is 1.23. The molecule has 0 aromatic carbocycles. The lowest BCUT2D eigenvalue weighted by Gasteiger charge is -1.41. The fourth-order valence-electron chi connectivity index (χ4n) is 0.0589. The molecule has 1 aliphatic heterocycles. The maximum absolute atomic E-state index is 4.50. The van der Waals surface area contributed by atoms with Gasteiger partial charge in [-0.1, -0.05) is 0 Å². The van der Waals surface area contributed by atoms with Crippen molar-refractivity contribution in [2.24, 2.45) is 0 Å². The van der Waals surface area contributed by atoms with E-state index in [1.54, 1.807) is 5.59 Å². The van der Waals surface area contributed by atoms with E-state index in [2.05, 4.69) is 4.94 Å². The first-order chi connectivity index (χ1) is 1.89. The van der Waals surface area contributed by atoms with E-state index in [0.717, 1.165) is 5.17 Å². The summed E-state index contributed by atoms with van der Waals surface area (Å²) in [6, 6.07) is 0. The summed E-state index contributed by atoms with van der Waals surface area (Å²) in [5.74, 6) is 0. The molecule has 1 atom stereocenters. The number of quaternary nitrogens is 2. The number of halogens is 3. The van der Waals surface area contributed by atoms with Crippen LogP contribution in [0.5, 0.6) is 0 Å². The molecule has 0 aliphatic carbocycles. The monoisotopic (exact) mass is 443 g/mol. The summed E-state index contributed by atoms with van der Waals surface area (Å²) in [6.45, 7) is 0. The highest BCUT2D eigenvalue weighted by Crippen LogP contribution is 1.13. The van der Waals surface area contributed by atoms with Crippen molar-refractivity contribution in [3.63, 3.8) is 0 Å². The molecular formula is CH6I3N2O-. The summed E-state index contributed by atoms with van der Waals surface area (Å²) in [5.41, 5.74) is 1.71. The Balaban J connectivity index is -0.0000000533. The Morgan fingerprint density at radius 1 is 1.29 bits per heavy atom. The molecule has 1 rings (SSSR count). The predicted octanol–water partition coefficient (Wildman–Crippen LogP) is -12.1. The van der Waals surface area contributed by atoms with Crippen molar-refractivity contribution in [3.05, 3.63) is 0 Å². The summed E-state index contributed by atoms with van der Waals surface area (Å²) in [4.78, 5) is 4.50. The zero-order chi connectivity index (χ0) is 2.99. The molecule has 0 radical (unpaired) electrons. The third-order valence-corrected chi connectivity index (χ3v) is 0.354. The van der Waals surface area contributed by atoms with Crippen molar-refractivity contribution in [2.45, 2.75) is 0 Å². The molecule has 7 heavy (non-hydrogen) atoms. The molecule has 0 saturated carbocycles. The minimum absolute atomic E-state index is 0. The Labute approximate surface area is 93.5 Å². The molecule has 6 heteroatoms. The van der Waals surface area contributed by atoms with Gasteiger partial charge in [0.25, 0.3) is 0 Å². The van der Waals surface area contributed by atoms with Gasteiger partial charge in [0.2, 0.25) is 0 Å². The van der Waals surface area contributed by atoms with Crippen LogP contribution in [0.15, 0.2) is 0 Å². The van der Waals surface area contributed by atoms with Crippen LogP contribution in [0.3, 0.4) is 0 Å². The normalized spacial score (nSPS) is 22.7. The van der Waals surface area contributed by atoms with E-state index in [9.17, 15) is 0 Å². The van der Waals surface area contributed by atoms with Crippen molar-refractivity contribution in [1.82, 2.24) is 0 Å². The first kappa shape index (κ1) is 16.0. The van der Waals surface area contributed by atoms with Crippen LogP contribution in [0, 0.1) is 0 Å². The topological polar surface area (TPSA) is 33.6 Å². The average molecular weight is 443 g/mol. The minimum Gasteiger partial charge on any atom is -1.00 e. The van der Waals surface area contributed by atoms with Gasteiger partial charge in [-0.25, -0.2) is 0 Å². The maximum Gasteiger partial charge on any atom is 0.154 e. The van der Waals surface area contributed by atoms with Crippen molar-refractivity contribution in [3.8, 4) is 0 Å². The highest BCUT2D eigenvalue weighted by Gasteiger charge is 2.23. The van der Waals surface area contributed by atoms with Gasteiger partial charge in [-0.2, -0.15) is 0 Å².